The molecule has 0 fully saturated rings. The highest BCUT2D eigenvalue weighted by molar-refractivity contribution is 7.46. The molecule has 0 spiro atoms. The summed E-state index contributed by atoms with van der Waals surface area (Å²) in [7, 11) is -4.65. The maximum Gasteiger partial charge on any atom is 0.469 e. The van der Waals surface area contributed by atoms with Gasteiger partial charge in [0.25, 0.3) is 0 Å². The third kappa shape index (κ3) is 10.1. The van der Waals surface area contributed by atoms with Gasteiger partial charge >= 0.3 is 7.82 Å². The van der Waals surface area contributed by atoms with Crippen molar-refractivity contribution in [2.45, 2.75) is 71.8 Å². The number of phosphoric ester groups is 1. The second-order valence-corrected chi connectivity index (χ2v) is 8.01. The Morgan fingerprint density at radius 2 is 1.86 bits per heavy atom. The first-order chi connectivity index (χ1) is 13.2. The van der Waals surface area contributed by atoms with Crippen LogP contribution in [0.5, 0.6) is 5.75 Å². The lowest BCUT2D eigenvalue weighted by atomic mass is 10.1. The Labute approximate surface area is 166 Å². The summed E-state index contributed by atoms with van der Waals surface area (Å²) in [5, 5.41) is 10.1. The van der Waals surface area contributed by atoms with Crippen LogP contribution in [0.1, 0.15) is 75.1 Å². The number of hydrogen-bond acceptors (Lipinski definition) is 6. The van der Waals surface area contributed by atoms with Gasteiger partial charge < -0.3 is 14.9 Å². The number of carbonyl (C=O) groups is 1. The molecular weight excluding hydrogens is 383 g/mol. The first-order valence-electron chi connectivity index (χ1n) is 9.63. The zero-order chi connectivity index (χ0) is 21.0. The van der Waals surface area contributed by atoms with Crippen molar-refractivity contribution in [1.29, 1.82) is 0 Å². The molecule has 0 aliphatic heterocycles. The van der Waals surface area contributed by atoms with Gasteiger partial charge in [-0.3, -0.25) is 19.3 Å². The summed E-state index contributed by atoms with van der Waals surface area (Å²) in [6.45, 7) is 3.33. The van der Waals surface area contributed by atoms with E-state index in [4.69, 9.17) is 9.79 Å². The molecule has 3 N–H and O–H groups in total. The van der Waals surface area contributed by atoms with Crippen LogP contribution in [0.15, 0.2) is 11.2 Å². The van der Waals surface area contributed by atoms with E-state index in [0.29, 0.717) is 12.1 Å². The van der Waals surface area contributed by atoms with Gasteiger partial charge in [-0.15, -0.1) is 0 Å². The number of ketones is 1. The number of pyridine rings is 1. The second kappa shape index (κ2) is 12.8. The van der Waals surface area contributed by atoms with Crippen LogP contribution in [-0.4, -0.2) is 38.4 Å². The summed E-state index contributed by atoms with van der Waals surface area (Å²) in [5.41, 5.74) is 0.857. The van der Waals surface area contributed by atoms with E-state index >= 15 is 0 Å². The monoisotopic (exact) mass is 414 g/mol. The van der Waals surface area contributed by atoms with Gasteiger partial charge in [-0.2, -0.15) is 0 Å². The number of unbranched alkanes of at least 4 members (excludes halogenated alkanes) is 6. The molecule has 1 rings (SSSR count). The van der Waals surface area contributed by atoms with E-state index < -0.39 is 14.4 Å². The van der Waals surface area contributed by atoms with Crippen molar-refractivity contribution in [2.75, 3.05) is 6.54 Å². The number of nitrogens with zero attached hydrogens (tertiary/aromatic N) is 2. The molecule has 158 valence electrons. The molecule has 9 heteroatoms. The minimum atomic E-state index is -4.65. The lowest BCUT2D eigenvalue weighted by Crippen LogP contribution is -2.04. The molecule has 0 saturated carbocycles. The van der Waals surface area contributed by atoms with Gasteiger partial charge in [0.05, 0.1) is 18.8 Å². The fraction of sp³-hybridized carbons (Fsp3) is 0.632. The Balaban J connectivity index is 2.53. The number of rotatable bonds is 14. The van der Waals surface area contributed by atoms with Crippen molar-refractivity contribution < 1.29 is 28.8 Å². The highest BCUT2D eigenvalue weighted by Crippen LogP contribution is 2.37. The van der Waals surface area contributed by atoms with Gasteiger partial charge in [-0.1, -0.05) is 45.4 Å². The molecule has 1 heterocycles. The predicted octanol–water partition coefficient (Wildman–Crippen LogP) is 3.83. The normalized spacial score (nSPS) is 12.0. The zero-order valence-electron chi connectivity index (χ0n) is 16.6. The number of hydrogen-bond donors (Lipinski definition) is 3. The predicted molar refractivity (Wildman–Crippen MR) is 108 cm³/mol. The van der Waals surface area contributed by atoms with Gasteiger partial charge in [0.1, 0.15) is 5.75 Å². The Morgan fingerprint density at radius 3 is 2.50 bits per heavy atom. The largest absolute Gasteiger partial charge is 0.505 e. The van der Waals surface area contributed by atoms with Crippen LogP contribution in [-0.2, 0) is 20.5 Å². The van der Waals surface area contributed by atoms with Gasteiger partial charge in [-0.05, 0) is 13.3 Å². The van der Waals surface area contributed by atoms with Gasteiger partial charge in [0, 0.05) is 30.0 Å². The fourth-order valence-electron chi connectivity index (χ4n) is 2.66. The molecule has 28 heavy (non-hydrogen) atoms. The maximum absolute atomic E-state index is 11.9. The summed E-state index contributed by atoms with van der Waals surface area (Å²) < 4.78 is 15.3. The Morgan fingerprint density at radius 1 is 1.21 bits per heavy atom. The van der Waals surface area contributed by atoms with E-state index in [9.17, 15) is 14.5 Å². The van der Waals surface area contributed by atoms with E-state index in [1.54, 1.807) is 6.92 Å². The molecule has 0 radical (unpaired) electrons. The topological polar surface area (TPSA) is 129 Å². The van der Waals surface area contributed by atoms with Crippen molar-refractivity contribution in [3.8, 4) is 5.75 Å². The molecule has 8 nitrogen and oxygen atoms in total. The molecule has 0 aliphatic rings. The number of Topliss-reactive ketones (excluding diaryl/α,β-unsaturated/α-hetero) is 1. The lowest BCUT2D eigenvalue weighted by Gasteiger charge is -2.10. The molecule has 0 atom stereocenters. The average Bonchev–Trinajstić information content (AvgIpc) is 2.63. The molecule has 1 aromatic heterocycles. The molecule has 0 aromatic carbocycles. The third-order valence-electron chi connectivity index (χ3n) is 4.29. The number of aromatic hydroxyl groups is 1. The highest BCUT2D eigenvalue weighted by Gasteiger charge is 2.17. The van der Waals surface area contributed by atoms with Crippen LogP contribution < -0.4 is 0 Å². The molecule has 0 bridgehead atoms. The van der Waals surface area contributed by atoms with Gasteiger partial charge in [0.15, 0.2) is 5.78 Å². The molecule has 0 saturated heterocycles. The fourth-order valence-corrected chi connectivity index (χ4v) is 2.97. The van der Waals surface area contributed by atoms with Gasteiger partial charge in [-0.25, -0.2) is 4.57 Å². The van der Waals surface area contributed by atoms with Gasteiger partial charge in [0.2, 0.25) is 0 Å². The highest BCUT2D eigenvalue weighted by atomic mass is 31.2. The summed E-state index contributed by atoms with van der Waals surface area (Å²) in [5.74, 6) is -0.141. The summed E-state index contributed by atoms with van der Waals surface area (Å²) >= 11 is 0. The van der Waals surface area contributed by atoms with E-state index in [1.807, 2.05) is 0 Å². The van der Waals surface area contributed by atoms with Crippen molar-refractivity contribution in [1.82, 2.24) is 4.98 Å². The molecule has 0 aliphatic carbocycles. The Hall–Kier alpha value is -1.60. The average molecular weight is 414 g/mol. The van der Waals surface area contributed by atoms with Crippen LogP contribution >= 0.6 is 7.82 Å². The Bertz CT molecular complexity index is 702. The lowest BCUT2D eigenvalue weighted by molar-refractivity contribution is -0.117. The molecular formula is C19H31N2O6P. The van der Waals surface area contributed by atoms with E-state index in [-0.39, 0.29) is 29.2 Å². The third-order valence-corrected chi connectivity index (χ3v) is 4.76. The maximum atomic E-state index is 11.9. The minimum Gasteiger partial charge on any atom is -0.505 e. The van der Waals surface area contributed by atoms with Crippen LogP contribution in [0, 0.1) is 6.92 Å². The van der Waals surface area contributed by atoms with Crippen molar-refractivity contribution in [2.24, 2.45) is 4.99 Å². The Kier molecular flexibility index (Phi) is 11.2. The number of carbonyl (C=O) groups excluding carboxylic acids is 1. The number of aryl methyl sites for hydroxylation is 1. The van der Waals surface area contributed by atoms with E-state index in [2.05, 4.69) is 21.4 Å². The number of aromatic nitrogens is 1. The number of aliphatic imine (C=N–C) groups is 1. The van der Waals surface area contributed by atoms with Crippen LogP contribution in [0.4, 0.5) is 0 Å². The summed E-state index contributed by atoms with van der Waals surface area (Å²) in [4.78, 5) is 37.6. The molecule has 1 aromatic rings. The van der Waals surface area contributed by atoms with Crippen LogP contribution in [0.3, 0.4) is 0 Å². The van der Waals surface area contributed by atoms with Crippen LogP contribution in [0.25, 0.3) is 0 Å². The first-order valence-corrected chi connectivity index (χ1v) is 11.2. The number of phosphoric acid groups is 1. The molecule has 0 amide bonds. The quantitative estimate of drug-likeness (QED) is 0.240. The minimum absolute atomic E-state index is 0.00453. The van der Waals surface area contributed by atoms with Crippen LogP contribution in [0.2, 0.25) is 0 Å². The SMILES string of the molecule is CCCCCCCCCC(=O)CN=Cc1c(COP(=O)(O)O)cnc(C)c1O. The van der Waals surface area contributed by atoms with E-state index in [0.717, 1.165) is 19.3 Å². The molecule has 0 unspecified atom stereocenters. The second-order valence-electron chi connectivity index (χ2n) is 6.77. The van der Waals surface area contributed by atoms with Crippen molar-refractivity contribution in [3.05, 3.63) is 23.0 Å². The van der Waals surface area contributed by atoms with E-state index in [1.165, 1.54) is 38.1 Å². The first kappa shape index (κ1) is 24.4. The standard InChI is InChI=1S/C19H31N2O6P/c1-3-4-5-6-7-8-9-10-17(22)12-20-13-18-16(14-27-28(24,25)26)11-21-15(2)19(18)23/h11,13,23H,3-10,12,14H2,1-2H3,(H2,24,25,26). The zero-order valence-corrected chi connectivity index (χ0v) is 17.5. The summed E-state index contributed by atoms with van der Waals surface area (Å²) in [6.07, 6.45) is 11.1. The summed E-state index contributed by atoms with van der Waals surface area (Å²) in [6, 6.07) is 0. The van der Waals surface area contributed by atoms with Crippen molar-refractivity contribution >= 4 is 19.8 Å². The smallest absolute Gasteiger partial charge is 0.469 e. The van der Waals surface area contributed by atoms with Crippen molar-refractivity contribution in [3.63, 3.8) is 0 Å².